The van der Waals surface area contributed by atoms with E-state index in [1.54, 1.807) is 7.11 Å². The Kier molecular flexibility index (Phi) is 5.64. The largest absolute Gasteiger partial charge is 0.497 e. The normalized spacial score (nSPS) is 16.4. The summed E-state index contributed by atoms with van der Waals surface area (Å²) in [6, 6.07) is 6.03. The lowest BCUT2D eigenvalue weighted by molar-refractivity contribution is 0.0159. The molecule has 5 heteroatoms. The van der Waals surface area contributed by atoms with E-state index in [0.717, 1.165) is 42.9 Å². The number of methoxy groups -OCH3 is 1. The number of ether oxygens (including phenoxy) is 2. The Labute approximate surface area is 120 Å². The highest BCUT2D eigenvalue weighted by atomic mass is 16.5. The maximum absolute atomic E-state index is 8.79. The second-order valence-electron chi connectivity index (χ2n) is 4.98. The number of nitrogens with two attached hydrogens (primary N) is 1. The summed E-state index contributed by atoms with van der Waals surface area (Å²) in [7, 11) is 1.68. The molecule has 20 heavy (non-hydrogen) atoms. The molecule has 0 spiro atoms. The van der Waals surface area contributed by atoms with Crippen molar-refractivity contribution < 1.29 is 14.6 Å². The van der Waals surface area contributed by atoms with Crippen LogP contribution < -0.4 is 15.4 Å². The fourth-order valence-electron chi connectivity index (χ4n) is 2.62. The van der Waals surface area contributed by atoms with Crippen LogP contribution in [0.1, 0.15) is 18.4 Å². The van der Waals surface area contributed by atoms with Gasteiger partial charge in [-0.25, -0.2) is 0 Å². The number of aliphatic hydroxyl groups excluding tert-OH is 1. The van der Waals surface area contributed by atoms with Crippen LogP contribution in [0.4, 0.5) is 5.69 Å². The number of nitrogens with zero attached hydrogens (tertiary/aromatic N) is 1. The Morgan fingerprint density at radius 1 is 1.35 bits per heavy atom. The standard InChI is InChI=1S/C15H24N2O3/c1-19-14-3-2-12(11-16)15(10-14)17-6-4-13(5-7-17)20-9-8-18/h2-3,10,13,18H,4-9,11,16H2,1H3. The van der Waals surface area contributed by atoms with Crippen molar-refractivity contribution in [3.8, 4) is 5.75 Å². The van der Waals surface area contributed by atoms with Crippen LogP contribution in [-0.4, -0.2) is 44.6 Å². The second-order valence-corrected chi connectivity index (χ2v) is 4.98. The van der Waals surface area contributed by atoms with E-state index >= 15 is 0 Å². The van der Waals surface area contributed by atoms with Gasteiger partial charge in [0, 0.05) is 31.4 Å². The average Bonchev–Trinajstić information content (AvgIpc) is 2.52. The van der Waals surface area contributed by atoms with Crippen molar-refractivity contribution in [2.24, 2.45) is 5.73 Å². The fourth-order valence-corrected chi connectivity index (χ4v) is 2.62. The van der Waals surface area contributed by atoms with Crippen LogP contribution in [-0.2, 0) is 11.3 Å². The molecule has 0 radical (unpaired) electrons. The van der Waals surface area contributed by atoms with Crippen molar-refractivity contribution in [1.29, 1.82) is 0 Å². The molecule has 2 rings (SSSR count). The van der Waals surface area contributed by atoms with Crippen molar-refractivity contribution in [2.75, 3.05) is 38.3 Å². The van der Waals surface area contributed by atoms with Crippen LogP contribution in [0.2, 0.25) is 0 Å². The minimum atomic E-state index is 0.0907. The summed E-state index contributed by atoms with van der Waals surface area (Å²) in [5, 5.41) is 8.79. The number of hydrogen-bond donors (Lipinski definition) is 2. The minimum Gasteiger partial charge on any atom is -0.497 e. The highest BCUT2D eigenvalue weighted by molar-refractivity contribution is 5.57. The number of aliphatic hydroxyl groups is 1. The van der Waals surface area contributed by atoms with E-state index in [2.05, 4.69) is 11.0 Å². The topological polar surface area (TPSA) is 68.0 Å². The Hall–Kier alpha value is -1.30. The molecule has 0 bridgehead atoms. The van der Waals surface area contributed by atoms with E-state index in [1.807, 2.05) is 12.1 Å². The minimum absolute atomic E-state index is 0.0907. The monoisotopic (exact) mass is 280 g/mol. The molecule has 0 aromatic heterocycles. The van der Waals surface area contributed by atoms with Gasteiger partial charge in [-0.1, -0.05) is 6.07 Å². The van der Waals surface area contributed by atoms with E-state index < -0.39 is 0 Å². The van der Waals surface area contributed by atoms with Crippen molar-refractivity contribution in [3.05, 3.63) is 23.8 Å². The van der Waals surface area contributed by atoms with Gasteiger partial charge in [-0.3, -0.25) is 0 Å². The van der Waals surface area contributed by atoms with Gasteiger partial charge in [-0.05, 0) is 24.5 Å². The van der Waals surface area contributed by atoms with E-state index in [4.69, 9.17) is 20.3 Å². The Bertz CT molecular complexity index is 418. The van der Waals surface area contributed by atoms with Crippen LogP contribution in [0, 0.1) is 0 Å². The number of hydrogen-bond acceptors (Lipinski definition) is 5. The van der Waals surface area contributed by atoms with Crippen LogP contribution in [0.25, 0.3) is 0 Å². The number of benzene rings is 1. The first-order chi connectivity index (χ1) is 9.78. The molecule has 0 saturated carbocycles. The van der Waals surface area contributed by atoms with Crippen LogP contribution in [0.3, 0.4) is 0 Å². The number of rotatable bonds is 6. The van der Waals surface area contributed by atoms with Gasteiger partial charge in [0.1, 0.15) is 5.75 Å². The summed E-state index contributed by atoms with van der Waals surface area (Å²) in [6.07, 6.45) is 2.20. The average molecular weight is 280 g/mol. The third-order valence-corrected chi connectivity index (χ3v) is 3.74. The summed E-state index contributed by atoms with van der Waals surface area (Å²) in [4.78, 5) is 2.34. The lowest BCUT2D eigenvalue weighted by Crippen LogP contribution is -2.38. The van der Waals surface area contributed by atoms with E-state index in [1.165, 1.54) is 0 Å². The van der Waals surface area contributed by atoms with Gasteiger partial charge in [0.05, 0.1) is 26.4 Å². The van der Waals surface area contributed by atoms with Crippen molar-refractivity contribution >= 4 is 5.69 Å². The van der Waals surface area contributed by atoms with E-state index in [-0.39, 0.29) is 12.7 Å². The highest BCUT2D eigenvalue weighted by Gasteiger charge is 2.21. The first-order valence-corrected chi connectivity index (χ1v) is 7.13. The lowest BCUT2D eigenvalue weighted by Gasteiger charge is -2.34. The SMILES string of the molecule is COc1ccc(CN)c(N2CCC(OCCO)CC2)c1. The summed E-state index contributed by atoms with van der Waals surface area (Å²) >= 11 is 0. The smallest absolute Gasteiger partial charge is 0.120 e. The van der Waals surface area contributed by atoms with Crippen LogP contribution >= 0.6 is 0 Å². The maximum atomic E-state index is 8.79. The van der Waals surface area contributed by atoms with Gasteiger partial charge < -0.3 is 25.2 Å². The van der Waals surface area contributed by atoms with Crippen molar-refractivity contribution in [3.63, 3.8) is 0 Å². The molecule has 1 fully saturated rings. The Morgan fingerprint density at radius 2 is 2.10 bits per heavy atom. The van der Waals surface area contributed by atoms with Gasteiger partial charge in [-0.2, -0.15) is 0 Å². The molecule has 3 N–H and O–H groups in total. The molecule has 0 atom stereocenters. The predicted octanol–water partition coefficient (Wildman–Crippen LogP) is 1.13. The fraction of sp³-hybridized carbons (Fsp3) is 0.600. The molecule has 1 aliphatic rings. The third-order valence-electron chi connectivity index (χ3n) is 3.74. The molecular formula is C15H24N2O3. The first-order valence-electron chi connectivity index (χ1n) is 7.13. The summed E-state index contributed by atoms with van der Waals surface area (Å²) in [6.45, 7) is 2.93. The Morgan fingerprint density at radius 3 is 2.70 bits per heavy atom. The summed E-state index contributed by atoms with van der Waals surface area (Å²) < 4.78 is 10.9. The second kappa shape index (κ2) is 7.47. The van der Waals surface area contributed by atoms with Gasteiger partial charge >= 0.3 is 0 Å². The predicted molar refractivity (Wildman–Crippen MR) is 79.2 cm³/mol. The molecule has 0 aliphatic carbocycles. The van der Waals surface area contributed by atoms with Crippen molar-refractivity contribution in [2.45, 2.75) is 25.5 Å². The zero-order valence-corrected chi connectivity index (χ0v) is 12.0. The van der Waals surface area contributed by atoms with Gasteiger partial charge in [0.25, 0.3) is 0 Å². The van der Waals surface area contributed by atoms with E-state index in [0.29, 0.717) is 13.2 Å². The molecule has 0 amide bonds. The molecule has 1 aromatic carbocycles. The number of piperidine rings is 1. The zero-order chi connectivity index (χ0) is 14.4. The quantitative estimate of drug-likeness (QED) is 0.817. The lowest BCUT2D eigenvalue weighted by atomic mass is 10.0. The van der Waals surface area contributed by atoms with Gasteiger partial charge in [0.2, 0.25) is 0 Å². The summed E-state index contributed by atoms with van der Waals surface area (Å²) in [5.41, 5.74) is 8.12. The van der Waals surface area contributed by atoms with Crippen molar-refractivity contribution in [1.82, 2.24) is 0 Å². The summed E-state index contributed by atoms with van der Waals surface area (Å²) in [5.74, 6) is 0.857. The molecule has 1 saturated heterocycles. The maximum Gasteiger partial charge on any atom is 0.120 e. The molecule has 5 nitrogen and oxygen atoms in total. The molecule has 1 heterocycles. The number of anilines is 1. The highest BCUT2D eigenvalue weighted by Crippen LogP contribution is 2.28. The van der Waals surface area contributed by atoms with E-state index in [9.17, 15) is 0 Å². The molecule has 112 valence electrons. The van der Waals surface area contributed by atoms with Crippen LogP contribution in [0.15, 0.2) is 18.2 Å². The van der Waals surface area contributed by atoms with Crippen LogP contribution in [0.5, 0.6) is 5.75 Å². The van der Waals surface area contributed by atoms with Gasteiger partial charge in [-0.15, -0.1) is 0 Å². The van der Waals surface area contributed by atoms with Gasteiger partial charge in [0.15, 0.2) is 0 Å². The first kappa shape index (κ1) is 15.1. The Balaban J connectivity index is 2.02. The molecule has 1 aromatic rings. The molecule has 0 unspecified atom stereocenters. The third kappa shape index (κ3) is 3.62. The molecule has 1 aliphatic heterocycles. The molecular weight excluding hydrogens is 256 g/mol. The zero-order valence-electron chi connectivity index (χ0n) is 12.0.